The molecule has 0 aromatic carbocycles. The molecular weight excluding hydrogens is 686 g/mol. The van der Waals surface area contributed by atoms with Crippen molar-refractivity contribution >= 4 is 12.4 Å². The number of hydrogen-bond acceptors (Lipinski definition) is 10. The summed E-state index contributed by atoms with van der Waals surface area (Å²) in [6.07, 6.45) is 11.4. The Kier molecular flexibility index (Phi) is 12.3. The first-order valence-corrected chi connectivity index (χ1v) is 20.4. The molecule has 4 heterocycles. The minimum absolute atomic E-state index is 0. The molecule has 7 fully saturated rings. The predicted octanol–water partition coefficient (Wildman–Crippen LogP) is 5.69. The van der Waals surface area contributed by atoms with Gasteiger partial charge in [0.2, 0.25) is 0 Å². The molecule has 1 spiro atoms. The van der Waals surface area contributed by atoms with Crippen molar-refractivity contribution in [3.63, 3.8) is 0 Å². The highest BCUT2D eigenvalue weighted by molar-refractivity contribution is 5.85. The number of hydrogen-bond donors (Lipinski definition) is 3. The van der Waals surface area contributed by atoms with Crippen molar-refractivity contribution in [2.45, 2.75) is 160 Å². The largest absolute Gasteiger partial charge is 0.394 e. The van der Waals surface area contributed by atoms with Crippen molar-refractivity contribution in [2.75, 3.05) is 40.5 Å². The minimum Gasteiger partial charge on any atom is -0.394 e. The molecule has 4 aliphatic heterocycles. The molecule has 11 heteroatoms. The first kappa shape index (κ1) is 41.3. The molecule has 4 aliphatic carbocycles. The van der Waals surface area contributed by atoms with E-state index in [2.05, 4.69) is 38.7 Å². The highest BCUT2D eigenvalue weighted by atomic mass is 35.5. The van der Waals surface area contributed by atoms with Crippen LogP contribution in [0.5, 0.6) is 0 Å². The van der Waals surface area contributed by atoms with Gasteiger partial charge in [0.15, 0.2) is 17.9 Å². The molecule has 8 aliphatic rings. The maximum Gasteiger partial charge on any atom is 0.190 e. The summed E-state index contributed by atoms with van der Waals surface area (Å²) >= 11 is 0. The van der Waals surface area contributed by atoms with Gasteiger partial charge in [-0.2, -0.15) is 0 Å². The third kappa shape index (κ3) is 7.32. The smallest absolute Gasteiger partial charge is 0.190 e. The van der Waals surface area contributed by atoms with E-state index in [0.717, 1.165) is 50.7 Å². The van der Waals surface area contributed by atoms with Crippen LogP contribution in [-0.4, -0.2) is 115 Å². The second-order valence-corrected chi connectivity index (χ2v) is 19.0. The Morgan fingerprint density at radius 1 is 1.00 bits per heavy atom. The van der Waals surface area contributed by atoms with Gasteiger partial charge < -0.3 is 48.6 Å². The summed E-state index contributed by atoms with van der Waals surface area (Å²) in [6.45, 7) is 15.4. The number of rotatable bonds is 7. The Balaban J connectivity index is 0.000000187. The Morgan fingerprint density at radius 3 is 2.46 bits per heavy atom. The molecule has 3 saturated carbocycles. The molecule has 0 aromatic heterocycles. The molecule has 0 radical (unpaired) electrons. The van der Waals surface area contributed by atoms with Gasteiger partial charge in [-0.1, -0.05) is 39.3 Å². The first-order chi connectivity index (χ1) is 24.1. The zero-order valence-corrected chi connectivity index (χ0v) is 33.9. The van der Waals surface area contributed by atoms with Crippen LogP contribution in [0.1, 0.15) is 106 Å². The van der Waals surface area contributed by atoms with Crippen molar-refractivity contribution in [3.05, 3.63) is 11.6 Å². The van der Waals surface area contributed by atoms with Crippen LogP contribution in [0.2, 0.25) is 0 Å². The average molecular weight is 756 g/mol. The lowest BCUT2D eigenvalue weighted by atomic mass is 9.48. The van der Waals surface area contributed by atoms with E-state index in [1.165, 1.54) is 38.5 Å². The summed E-state index contributed by atoms with van der Waals surface area (Å²) in [6, 6.07) is 0. The number of fused-ring (bicyclic) bond motifs is 8. The monoisotopic (exact) mass is 755 g/mol. The Hall–Kier alpha value is -0.370. The summed E-state index contributed by atoms with van der Waals surface area (Å²) < 4.78 is 36.3. The van der Waals surface area contributed by atoms with Crippen molar-refractivity contribution in [3.8, 4) is 0 Å². The van der Waals surface area contributed by atoms with E-state index in [1.54, 1.807) is 5.57 Å². The summed E-state index contributed by atoms with van der Waals surface area (Å²) in [7, 11) is 4.01. The average Bonchev–Trinajstić information content (AvgIpc) is 3.75. The molecule has 8 rings (SSSR count). The molecule has 0 amide bonds. The van der Waals surface area contributed by atoms with Gasteiger partial charge in [0.05, 0.1) is 25.4 Å². The number of aliphatic hydroxyl groups is 3. The number of halogens is 1. The maximum absolute atomic E-state index is 10.3. The lowest BCUT2D eigenvalue weighted by molar-refractivity contribution is -0.272. The normalized spacial score (nSPS) is 49.1. The van der Waals surface area contributed by atoms with Crippen LogP contribution in [0.4, 0.5) is 0 Å². The van der Waals surface area contributed by atoms with Gasteiger partial charge in [-0.05, 0) is 133 Å². The van der Waals surface area contributed by atoms with Gasteiger partial charge in [0.25, 0.3) is 0 Å². The third-order valence-electron chi connectivity index (χ3n) is 14.9. The lowest BCUT2D eigenvalue weighted by Gasteiger charge is -2.57. The molecule has 10 nitrogen and oxygen atoms in total. The Labute approximate surface area is 319 Å². The summed E-state index contributed by atoms with van der Waals surface area (Å²) in [5.74, 6) is 2.96. The van der Waals surface area contributed by atoms with Crippen LogP contribution >= 0.6 is 12.4 Å². The standard InChI is InChI=1S/C27H42O3.C14H27NO6.ClH/c1-16-7-12-27(29-15-16)17(2)24-23(30-27)14-22-20-6-5-18-13-19(28)8-10-25(18,3)21(20)9-11-26(22,24)4;1-14(2)20-12-11(18-7-5-6-15(3)4)10(9(17)8-16)19-13(12)21-14;/h9,16-20,22-24,28H,5-8,10-15H2,1-4H3;9-13,16-17H,5-8H2,1-4H3;1H. The van der Waals surface area contributed by atoms with E-state index < -0.39 is 30.4 Å². The summed E-state index contributed by atoms with van der Waals surface area (Å²) in [4.78, 5) is 2.08. The van der Waals surface area contributed by atoms with Gasteiger partial charge in [-0.3, -0.25) is 0 Å². The topological polar surface area (TPSA) is 119 Å². The van der Waals surface area contributed by atoms with Gasteiger partial charge in [0, 0.05) is 18.9 Å². The quantitative estimate of drug-likeness (QED) is 0.221. The van der Waals surface area contributed by atoms with Gasteiger partial charge in [-0.25, -0.2) is 0 Å². The minimum atomic E-state index is -1.01. The van der Waals surface area contributed by atoms with E-state index in [1.807, 2.05) is 27.9 Å². The van der Waals surface area contributed by atoms with E-state index in [0.29, 0.717) is 47.2 Å². The predicted molar refractivity (Wildman–Crippen MR) is 200 cm³/mol. The van der Waals surface area contributed by atoms with Gasteiger partial charge >= 0.3 is 0 Å². The highest BCUT2D eigenvalue weighted by Crippen LogP contribution is 2.70. The van der Waals surface area contributed by atoms with Gasteiger partial charge in [-0.15, -0.1) is 12.4 Å². The molecule has 0 aromatic rings. The number of ether oxygens (including phenoxy) is 6. The fourth-order valence-corrected chi connectivity index (χ4v) is 12.2. The Morgan fingerprint density at radius 2 is 1.77 bits per heavy atom. The second kappa shape index (κ2) is 15.5. The van der Waals surface area contributed by atoms with Crippen LogP contribution in [0.3, 0.4) is 0 Å². The molecule has 3 N–H and O–H groups in total. The third-order valence-corrected chi connectivity index (χ3v) is 14.9. The molecular formula is C41H70ClNO9. The molecule has 300 valence electrons. The fourth-order valence-electron chi connectivity index (χ4n) is 12.2. The molecule has 0 bridgehead atoms. The summed E-state index contributed by atoms with van der Waals surface area (Å²) in [5.41, 5.74) is 2.46. The second-order valence-electron chi connectivity index (χ2n) is 19.0. The Bertz CT molecular complexity index is 1260. The summed E-state index contributed by atoms with van der Waals surface area (Å²) in [5, 5.41) is 29.3. The number of allylic oxidation sites excluding steroid dienone is 2. The molecule has 4 saturated heterocycles. The molecule has 16 unspecified atom stereocenters. The van der Waals surface area contributed by atoms with Crippen LogP contribution < -0.4 is 0 Å². The van der Waals surface area contributed by atoms with Crippen molar-refractivity contribution in [1.82, 2.24) is 4.90 Å². The van der Waals surface area contributed by atoms with Crippen molar-refractivity contribution < 1.29 is 43.7 Å². The number of aliphatic hydroxyl groups excluding tert-OH is 3. The first-order valence-electron chi connectivity index (χ1n) is 20.4. The fraction of sp³-hybridized carbons (Fsp3) is 0.951. The van der Waals surface area contributed by atoms with Crippen molar-refractivity contribution in [2.24, 2.45) is 46.3 Å². The molecule has 16 atom stereocenters. The van der Waals surface area contributed by atoms with E-state index in [9.17, 15) is 10.2 Å². The zero-order chi connectivity index (χ0) is 36.5. The maximum atomic E-state index is 10.3. The van der Waals surface area contributed by atoms with Crippen LogP contribution in [0, 0.1) is 46.3 Å². The van der Waals surface area contributed by atoms with Crippen LogP contribution in [-0.2, 0) is 28.4 Å². The van der Waals surface area contributed by atoms with Crippen LogP contribution in [0.25, 0.3) is 0 Å². The van der Waals surface area contributed by atoms with E-state index in [-0.39, 0.29) is 37.0 Å². The van der Waals surface area contributed by atoms with Gasteiger partial charge in [0.1, 0.15) is 24.4 Å². The number of nitrogens with zero attached hydrogens (tertiary/aromatic N) is 1. The SMILES string of the molecule is CC1CCC2(OC1)OC1CC3C4CCC5CC(O)CCC5(C)C4=CCC3(C)C1C2C.CN(C)CCCOC1C(C(O)CO)OC2OC(C)(C)OC21.Cl. The lowest BCUT2D eigenvalue weighted by Crippen LogP contribution is -2.50. The highest BCUT2D eigenvalue weighted by Gasteiger charge is 2.68. The van der Waals surface area contributed by atoms with Crippen molar-refractivity contribution in [1.29, 1.82) is 0 Å². The van der Waals surface area contributed by atoms with E-state index >= 15 is 0 Å². The van der Waals surface area contributed by atoms with E-state index in [4.69, 9.17) is 33.5 Å². The zero-order valence-electron chi connectivity index (χ0n) is 33.1. The molecule has 52 heavy (non-hydrogen) atoms. The van der Waals surface area contributed by atoms with Crippen LogP contribution in [0.15, 0.2) is 11.6 Å².